The van der Waals surface area contributed by atoms with Gasteiger partial charge in [-0.05, 0) is 23.8 Å². The molecule has 1 aromatic carbocycles. The van der Waals surface area contributed by atoms with Crippen molar-refractivity contribution < 1.29 is 10.2 Å². The van der Waals surface area contributed by atoms with Gasteiger partial charge in [0.15, 0.2) is 0 Å². The third kappa shape index (κ3) is 2.18. The molecule has 2 nitrogen and oxygen atoms in total. The van der Waals surface area contributed by atoms with Gasteiger partial charge in [0.25, 0.3) is 0 Å². The molecule has 0 radical (unpaired) electrons. The van der Waals surface area contributed by atoms with Gasteiger partial charge < -0.3 is 10.2 Å². The molecule has 2 heteroatoms. The van der Waals surface area contributed by atoms with E-state index in [2.05, 4.69) is 24.3 Å². The molecule has 2 N–H and O–H groups in total. The van der Waals surface area contributed by atoms with Gasteiger partial charge in [0, 0.05) is 19.1 Å². The van der Waals surface area contributed by atoms with Crippen LogP contribution in [0, 0.1) is 11.8 Å². The monoisotopic (exact) mass is 218 g/mol. The zero-order chi connectivity index (χ0) is 11.4. The molecule has 0 saturated heterocycles. The Hall–Kier alpha value is -1.12. The maximum Gasteiger partial charge on any atom is 0.0471 e. The van der Waals surface area contributed by atoms with Crippen molar-refractivity contribution in [2.24, 2.45) is 11.8 Å². The summed E-state index contributed by atoms with van der Waals surface area (Å²) in [5.41, 5.74) is 1.22. The molecular formula is C14H18O2. The zero-order valence-corrected chi connectivity index (χ0v) is 9.29. The van der Waals surface area contributed by atoms with Crippen molar-refractivity contribution in [2.45, 2.75) is 12.3 Å². The molecule has 0 heterocycles. The summed E-state index contributed by atoms with van der Waals surface area (Å²) in [5.74, 6) is 0.551. The van der Waals surface area contributed by atoms with Crippen LogP contribution in [0.25, 0.3) is 0 Å². The quantitative estimate of drug-likeness (QED) is 0.761. The molecule has 2 rings (SSSR count). The summed E-state index contributed by atoms with van der Waals surface area (Å²) in [6.07, 6.45) is 5.14. The Kier molecular flexibility index (Phi) is 3.75. The Balaban J connectivity index is 2.26. The van der Waals surface area contributed by atoms with Crippen molar-refractivity contribution in [2.75, 3.05) is 13.2 Å². The van der Waals surface area contributed by atoms with Crippen LogP contribution in [0.2, 0.25) is 0 Å². The van der Waals surface area contributed by atoms with Crippen LogP contribution in [-0.4, -0.2) is 23.4 Å². The van der Waals surface area contributed by atoms with Crippen molar-refractivity contribution in [1.29, 1.82) is 0 Å². The van der Waals surface area contributed by atoms with E-state index in [9.17, 15) is 10.2 Å². The highest BCUT2D eigenvalue weighted by atomic mass is 16.3. The average molecular weight is 218 g/mol. The molecular weight excluding hydrogens is 200 g/mol. The highest BCUT2D eigenvalue weighted by molar-refractivity contribution is 5.26. The van der Waals surface area contributed by atoms with E-state index in [0.29, 0.717) is 0 Å². The minimum Gasteiger partial charge on any atom is -0.396 e. The Labute approximate surface area is 96.2 Å². The van der Waals surface area contributed by atoms with Gasteiger partial charge in [-0.25, -0.2) is 0 Å². The third-order valence-electron chi connectivity index (χ3n) is 3.48. The molecule has 0 aromatic heterocycles. The summed E-state index contributed by atoms with van der Waals surface area (Å²) in [7, 11) is 0. The third-order valence-corrected chi connectivity index (χ3v) is 3.48. The Bertz CT molecular complexity index is 345. The number of aliphatic hydroxyl groups excluding tert-OH is 2. The summed E-state index contributed by atoms with van der Waals surface area (Å²) >= 11 is 0. The minimum atomic E-state index is 0.134. The van der Waals surface area contributed by atoms with Gasteiger partial charge >= 0.3 is 0 Å². The van der Waals surface area contributed by atoms with Crippen molar-refractivity contribution in [3.8, 4) is 0 Å². The second-order valence-electron chi connectivity index (χ2n) is 4.39. The number of hydrogen-bond acceptors (Lipinski definition) is 2. The van der Waals surface area contributed by atoms with E-state index in [-0.39, 0.29) is 31.0 Å². The SMILES string of the molecule is OC[C@H]1CC=CC(c2ccccc2)[C@H]1CO. The maximum absolute atomic E-state index is 9.48. The molecule has 0 saturated carbocycles. The molecule has 0 spiro atoms. The molecule has 1 unspecified atom stereocenters. The number of allylic oxidation sites excluding steroid dienone is 2. The fourth-order valence-corrected chi connectivity index (χ4v) is 2.52. The van der Waals surface area contributed by atoms with Crippen LogP contribution in [0.15, 0.2) is 42.5 Å². The van der Waals surface area contributed by atoms with Crippen LogP contribution in [0.4, 0.5) is 0 Å². The van der Waals surface area contributed by atoms with Gasteiger partial charge in [0.05, 0.1) is 0 Å². The van der Waals surface area contributed by atoms with Gasteiger partial charge in [-0.3, -0.25) is 0 Å². The van der Waals surface area contributed by atoms with Crippen molar-refractivity contribution in [3.63, 3.8) is 0 Å². The molecule has 1 aliphatic carbocycles. The molecule has 1 aromatic rings. The van der Waals surface area contributed by atoms with Gasteiger partial charge in [-0.15, -0.1) is 0 Å². The first-order valence-electron chi connectivity index (χ1n) is 5.80. The summed E-state index contributed by atoms with van der Waals surface area (Å²) < 4.78 is 0. The fourth-order valence-electron chi connectivity index (χ4n) is 2.52. The van der Waals surface area contributed by atoms with Crippen molar-refractivity contribution in [1.82, 2.24) is 0 Å². The number of aliphatic hydroxyl groups is 2. The summed E-state index contributed by atoms with van der Waals surface area (Å²) in [6.45, 7) is 0.286. The van der Waals surface area contributed by atoms with Crippen LogP contribution in [0.5, 0.6) is 0 Å². The topological polar surface area (TPSA) is 40.5 Å². The lowest BCUT2D eigenvalue weighted by Crippen LogP contribution is -2.29. The second-order valence-corrected chi connectivity index (χ2v) is 4.39. The summed E-state index contributed by atoms with van der Waals surface area (Å²) in [6, 6.07) is 10.2. The zero-order valence-electron chi connectivity index (χ0n) is 9.29. The molecule has 0 aliphatic heterocycles. The largest absolute Gasteiger partial charge is 0.396 e. The predicted molar refractivity (Wildman–Crippen MR) is 64.1 cm³/mol. The first kappa shape index (κ1) is 11.4. The lowest BCUT2D eigenvalue weighted by Gasteiger charge is -2.33. The minimum absolute atomic E-state index is 0.134. The highest BCUT2D eigenvalue weighted by Gasteiger charge is 2.30. The van der Waals surface area contributed by atoms with Gasteiger partial charge in [0.2, 0.25) is 0 Å². The van der Waals surface area contributed by atoms with E-state index in [1.54, 1.807) is 0 Å². The molecule has 16 heavy (non-hydrogen) atoms. The molecule has 86 valence electrons. The molecule has 1 aliphatic rings. The smallest absolute Gasteiger partial charge is 0.0471 e. The van der Waals surface area contributed by atoms with Crippen LogP contribution in [0.3, 0.4) is 0 Å². The number of hydrogen-bond donors (Lipinski definition) is 2. The van der Waals surface area contributed by atoms with Gasteiger partial charge in [-0.2, -0.15) is 0 Å². The summed E-state index contributed by atoms with van der Waals surface area (Å²) in [5, 5.41) is 18.8. The number of rotatable bonds is 3. The van der Waals surface area contributed by atoms with Crippen molar-refractivity contribution in [3.05, 3.63) is 48.0 Å². The van der Waals surface area contributed by atoms with Crippen LogP contribution >= 0.6 is 0 Å². The highest BCUT2D eigenvalue weighted by Crippen LogP contribution is 2.36. The molecule has 0 bridgehead atoms. The average Bonchev–Trinajstić information content (AvgIpc) is 2.38. The van der Waals surface area contributed by atoms with Crippen LogP contribution < -0.4 is 0 Å². The first-order valence-corrected chi connectivity index (χ1v) is 5.80. The Morgan fingerprint density at radius 3 is 2.44 bits per heavy atom. The Morgan fingerprint density at radius 1 is 1.06 bits per heavy atom. The second kappa shape index (κ2) is 5.28. The van der Waals surface area contributed by atoms with E-state index in [0.717, 1.165) is 6.42 Å². The van der Waals surface area contributed by atoms with Crippen molar-refractivity contribution >= 4 is 0 Å². The number of benzene rings is 1. The van der Waals surface area contributed by atoms with Gasteiger partial charge in [-0.1, -0.05) is 42.5 Å². The van der Waals surface area contributed by atoms with E-state index in [4.69, 9.17) is 0 Å². The van der Waals surface area contributed by atoms with Crippen LogP contribution in [-0.2, 0) is 0 Å². The standard InChI is InChI=1S/C14H18O2/c15-9-12-7-4-8-13(14(12)10-16)11-5-2-1-3-6-11/h1-6,8,12-16H,7,9-10H2/t12-,13?,14+/m1/s1. The normalized spacial score (nSPS) is 29.2. The lowest BCUT2D eigenvalue weighted by atomic mass is 9.73. The maximum atomic E-state index is 9.48. The lowest BCUT2D eigenvalue weighted by molar-refractivity contribution is 0.107. The fraction of sp³-hybridized carbons (Fsp3) is 0.429. The van der Waals surface area contributed by atoms with Crippen LogP contribution in [0.1, 0.15) is 17.9 Å². The van der Waals surface area contributed by atoms with Gasteiger partial charge in [0.1, 0.15) is 0 Å². The van der Waals surface area contributed by atoms with E-state index < -0.39 is 0 Å². The molecule has 0 amide bonds. The molecule has 3 atom stereocenters. The summed E-state index contributed by atoms with van der Waals surface area (Å²) in [4.78, 5) is 0. The molecule has 0 fully saturated rings. The van der Waals surface area contributed by atoms with E-state index in [1.165, 1.54) is 5.56 Å². The first-order chi connectivity index (χ1) is 7.86. The Morgan fingerprint density at radius 2 is 1.81 bits per heavy atom. The van der Waals surface area contributed by atoms with E-state index in [1.807, 2.05) is 18.2 Å². The van der Waals surface area contributed by atoms with E-state index >= 15 is 0 Å². The predicted octanol–water partition coefficient (Wildman–Crippen LogP) is 1.95.